The summed E-state index contributed by atoms with van der Waals surface area (Å²) >= 11 is 3.36. The number of carbonyl (C=O) groups is 3. The van der Waals surface area contributed by atoms with Crippen LogP contribution in [0.3, 0.4) is 0 Å². The minimum absolute atomic E-state index is 0.0877. The molecule has 25 heavy (non-hydrogen) atoms. The zero-order valence-electron chi connectivity index (χ0n) is 15.0. The third-order valence-electron chi connectivity index (χ3n) is 3.94. The van der Waals surface area contributed by atoms with Gasteiger partial charge in [0.1, 0.15) is 12.3 Å². The molecule has 0 aromatic heterocycles. The summed E-state index contributed by atoms with van der Waals surface area (Å²) in [6, 6.07) is 7.60. The Balaban J connectivity index is 2.62. The molecule has 1 N–H and O–H groups in total. The summed E-state index contributed by atoms with van der Waals surface area (Å²) in [5, 5.41) is 8.85. The number of carbonyl (C=O) groups excluding carboxylic acids is 2. The van der Waals surface area contributed by atoms with Gasteiger partial charge in [-0.05, 0) is 36.5 Å². The second kappa shape index (κ2) is 10.3. The number of rotatable bonds is 10. The Morgan fingerprint density at radius 1 is 1.16 bits per heavy atom. The van der Waals surface area contributed by atoms with E-state index in [2.05, 4.69) is 15.9 Å². The lowest BCUT2D eigenvalue weighted by Gasteiger charge is -2.23. The Hall–Kier alpha value is -1.69. The van der Waals surface area contributed by atoms with E-state index in [0.717, 1.165) is 10.0 Å². The van der Waals surface area contributed by atoms with Crippen molar-refractivity contribution in [3.63, 3.8) is 0 Å². The van der Waals surface area contributed by atoms with Crippen LogP contribution in [0.4, 0.5) is 0 Å². The van der Waals surface area contributed by atoms with E-state index >= 15 is 0 Å². The second-order valence-corrected chi connectivity index (χ2v) is 7.71. The summed E-state index contributed by atoms with van der Waals surface area (Å²) < 4.78 is 0.966. The highest BCUT2D eigenvalue weighted by molar-refractivity contribution is 9.10. The van der Waals surface area contributed by atoms with E-state index in [0.29, 0.717) is 31.6 Å². The molecule has 5 nitrogen and oxygen atoms in total. The first-order valence-corrected chi connectivity index (χ1v) is 9.21. The van der Waals surface area contributed by atoms with Crippen molar-refractivity contribution in [1.82, 2.24) is 4.90 Å². The van der Waals surface area contributed by atoms with Crippen molar-refractivity contribution in [2.45, 2.75) is 39.5 Å². The van der Waals surface area contributed by atoms with Crippen LogP contribution in [0.1, 0.15) is 38.7 Å². The number of aliphatic carboxylic acids is 1. The number of hydrogen-bond donors (Lipinski definition) is 1. The Morgan fingerprint density at radius 2 is 1.76 bits per heavy atom. The van der Waals surface area contributed by atoms with Crippen molar-refractivity contribution in [3.05, 3.63) is 34.3 Å². The molecule has 0 aliphatic rings. The first-order valence-electron chi connectivity index (χ1n) is 8.42. The number of halogens is 1. The van der Waals surface area contributed by atoms with Gasteiger partial charge in [0.05, 0.1) is 0 Å². The van der Waals surface area contributed by atoms with Gasteiger partial charge in [0.15, 0.2) is 0 Å². The molecule has 1 rings (SSSR count). The number of ketones is 1. The monoisotopic (exact) mass is 411 g/mol. The van der Waals surface area contributed by atoms with E-state index in [1.165, 1.54) is 11.9 Å². The zero-order chi connectivity index (χ0) is 19.0. The van der Waals surface area contributed by atoms with Crippen LogP contribution in [-0.4, -0.2) is 41.3 Å². The zero-order valence-corrected chi connectivity index (χ0v) is 16.6. The second-order valence-electron chi connectivity index (χ2n) is 6.80. The minimum Gasteiger partial charge on any atom is -0.480 e. The van der Waals surface area contributed by atoms with Crippen LogP contribution in [0.5, 0.6) is 0 Å². The van der Waals surface area contributed by atoms with Crippen LogP contribution < -0.4 is 0 Å². The summed E-state index contributed by atoms with van der Waals surface area (Å²) in [5.74, 6) is -1.17. The number of amides is 1. The molecule has 1 aromatic carbocycles. The van der Waals surface area contributed by atoms with E-state index in [4.69, 9.17) is 5.11 Å². The molecule has 1 aromatic rings. The highest BCUT2D eigenvalue weighted by Gasteiger charge is 2.24. The molecule has 0 aliphatic heterocycles. The van der Waals surface area contributed by atoms with Crippen molar-refractivity contribution in [2.75, 3.05) is 13.6 Å². The highest BCUT2D eigenvalue weighted by Crippen LogP contribution is 2.20. The molecular formula is C19H26BrNO4. The lowest BCUT2D eigenvalue weighted by molar-refractivity contribution is -0.145. The Kier molecular flexibility index (Phi) is 8.83. The van der Waals surface area contributed by atoms with Gasteiger partial charge in [-0.1, -0.05) is 41.9 Å². The standard InChI is InChI=1S/C19H26BrNO4/c1-13(2)10-15(19(25)21(3)12-18(23)24)6-9-17(22)11-14-4-7-16(20)8-5-14/h4-5,7-8,13,15H,6,9-12H2,1-3H3,(H,23,24). The molecule has 1 unspecified atom stereocenters. The van der Waals surface area contributed by atoms with Gasteiger partial charge >= 0.3 is 5.97 Å². The summed E-state index contributed by atoms with van der Waals surface area (Å²) in [6.07, 6.45) is 1.77. The predicted molar refractivity (Wildman–Crippen MR) is 100 cm³/mol. The molecule has 138 valence electrons. The number of benzene rings is 1. The third kappa shape index (κ3) is 8.29. The van der Waals surface area contributed by atoms with Crippen molar-refractivity contribution in [1.29, 1.82) is 0 Å². The van der Waals surface area contributed by atoms with E-state index in [-0.39, 0.29) is 24.2 Å². The van der Waals surface area contributed by atoms with Crippen molar-refractivity contribution in [3.8, 4) is 0 Å². The van der Waals surface area contributed by atoms with Gasteiger partial charge in [-0.15, -0.1) is 0 Å². The topological polar surface area (TPSA) is 74.7 Å². The number of nitrogens with zero attached hydrogens (tertiary/aromatic N) is 1. The normalized spacial score (nSPS) is 12.0. The van der Waals surface area contributed by atoms with Crippen LogP contribution in [0.15, 0.2) is 28.7 Å². The molecule has 0 fully saturated rings. The predicted octanol–water partition coefficient (Wildman–Crippen LogP) is 3.55. The summed E-state index contributed by atoms with van der Waals surface area (Å²) in [4.78, 5) is 36.7. The fraction of sp³-hybridized carbons (Fsp3) is 0.526. The van der Waals surface area contributed by atoms with E-state index in [9.17, 15) is 14.4 Å². The van der Waals surface area contributed by atoms with Gasteiger partial charge in [0, 0.05) is 30.3 Å². The number of carboxylic acid groups (broad SMARTS) is 1. The maximum atomic E-state index is 12.5. The largest absolute Gasteiger partial charge is 0.480 e. The summed E-state index contributed by atoms with van der Waals surface area (Å²) in [5.41, 5.74) is 0.947. The Morgan fingerprint density at radius 3 is 2.28 bits per heavy atom. The quantitative estimate of drug-likeness (QED) is 0.638. The van der Waals surface area contributed by atoms with Gasteiger partial charge in [-0.2, -0.15) is 0 Å². The van der Waals surface area contributed by atoms with Crippen LogP contribution in [-0.2, 0) is 20.8 Å². The molecule has 1 atom stereocenters. The SMILES string of the molecule is CC(C)CC(CCC(=O)Cc1ccc(Br)cc1)C(=O)N(C)CC(=O)O. The maximum Gasteiger partial charge on any atom is 0.323 e. The minimum atomic E-state index is -1.04. The van der Waals surface area contributed by atoms with Gasteiger partial charge in [0.25, 0.3) is 0 Å². The lowest BCUT2D eigenvalue weighted by Crippen LogP contribution is -2.37. The fourth-order valence-corrected chi connectivity index (χ4v) is 3.02. The molecule has 0 bridgehead atoms. The molecule has 0 aliphatic carbocycles. The molecule has 0 spiro atoms. The number of carboxylic acids is 1. The molecule has 0 saturated heterocycles. The van der Waals surface area contributed by atoms with Crippen LogP contribution in [0.25, 0.3) is 0 Å². The number of hydrogen-bond acceptors (Lipinski definition) is 3. The van der Waals surface area contributed by atoms with E-state index < -0.39 is 5.97 Å². The first-order chi connectivity index (χ1) is 11.7. The van der Waals surface area contributed by atoms with Crippen LogP contribution in [0.2, 0.25) is 0 Å². The first kappa shape index (κ1) is 21.4. The number of likely N-dealkylation sites (N-methyl/N-ethyl adjacent to an activating group) is 1. The summed E-state index contributed by atoms with van der Waals surface area (Å²) in [6.45, 7) is 3.71. The van der Waals surface area contributed by atoms with Gasteiger partial charge in [-0.25, -0.2) is 0 Å². The Bertz CT molecular complexity index is 598. The van der Waals surface area contributed by atoms with Gasteiger partial charge in [0.2, 0.25) is 5.91 Å². The van der Waals surface area contributed by atoms with Gasteiger partial charge in [-0.3, -0.25) is 14.4 Å². The molecular weight excluding hydrogens is 386 g/mol. The average molecular weight is 412 g/mol. The molecule has 0 radical (unpaired) electrons. The van der Waals surface area contributed by atoms with Crippen LogP contribution >= 0.6 is 15.9 Å². The number of Topliss-reactive ketones (excluding diaryl/α,β-unsaturated/α-hetero) is 1. The van der Waals surface area contributed by atoms with E-state index in [1.54, 1.807) is 0 Å². The van der Waals surface area contributed by atoms with Gasteiger partial charge < -0.3 is 10.0 Å². The Labute approximate surface area is 157 Å². The molecule has 0 heterocycles. The molecule has 1 amide bonds. The maximum absolute atomic E-state index is 12.5. The third-order valence-corrected chi connectivity index (χ3v) is 4.47. The molecule has 6 heteroatoms. The fourth-order valence-electron chi connectivity index (χ4n) is 2.76. The highest BCUT2D eigenvalue weighted by atomic mass is 79.9. The van der Waals surface area contributed by atoms with E-state index in [1.807, 2.05) is 38.1 Å². The summed E-state index contributed by atoms with van der Waals surface area (Å²) in [7, 11) is 1.49. The van der Waals surface area contributed by atoms with Crippen molar-refractivity contribution in [2.24, 2.45) is 11.8 Å². The smallest absolute Gasteiger partial charge is 0.323 e. The average Bonchev–Trinajstić information content (AvgIpc) is 2.52. The molecule has 0 saturated carbocycles. The lowest BCUT2D eigenvalue weighted by atomic mass is 9.90. The van der Waals surface area contributed by atoms with Crippen molar-refractivity contribution < 1.29 is 19.5 Å². The van der Waals surface area contributed by atoms with Crippen molar-refractivity contribution >= 4 is 33.6 Å². The van der Waals surface area contributed by atoms with Crippen LogP contribution in [0, 0.1) is 11.8 Å².